The van der Waals surface area contributed by atoms with E-state index in [0.717, 1.165) is 41.0 Å². The maximum absolute atomic E-state index is 14.0. The van der Waals surface area contributed by atoms with Crippen molar-refractivity contribution in [3.05, 3.63) is 77.0 Å². The molecule has 4 rings (SSSR count). The van der Waals surface area contributed by atoms with Crippen LogP contribution >= 0.6 is 11.3 Å². The van der Waals surface area contributed by atoms with Gasteiger partial charge in [0.1, 0.15) is 11.6 Å². The molecule has 1 aliphatic carbocycles. The second-order valence-electron chi connectivity index (χ2n) is 6.33. The van der Waals surface area contributed by atoms with Gasteiger partial charge in [0.05, 0.1) is 27.8 Å². The molecule has 0 spiro atoms. The molecule has 0 saturated carbocycles. The van der Waals surface area contributed by atoms with Gasteiger partial charge in [-0.2, -0.15) is 5.26 Å². The quantitative estimate of drug-likeness (QED) is 0.651. The van der Waals surface area contributed by atoms with Crippen LogP contribution in [0.3, 0.4) is 0 Å². The molecule has 0 saturated heterocycles. The SMILES string of the molecule is C=C(Nc1nc2c(s1)-c1ccc(C#N)cc1CCC2)c1c(F)cccc1F. The normalized spacial score (nSPS) is 12.5. The highest BCUT2D eigenvalue weighted by atomic mass is 32.1. The van der Waals surface area contributed by atoms with E-state index < -0.39 is 11.6 Å². The Morgan fingerprint density at radius 2 is 1.96 bits per heavy atom. The van der Waals surface area contributed by atoms with Gasteiger partial charge in [-0.15, -0.1) is 0 Å². The van der Waals surface area contributed by atoms with E-state index in [9.17, 15) is 8.78 Å². The van der Waals surface area contributed by atoms with E-state index in [1.807, 2.05) is 12.1 Å². The van der Waals surface area contributed by atoms with Crippen LogP contribution in [0.1, 0.15) is 28.8 Å². The number of benzene rings is 2. The van der Waals surface area contributed by atoms with E-state index in [2.05, 4.69) is 22.9 Å². The first-order chi connectivity index (χ1) is 13.1. The van der Waals surface area contributed by atoms with Gasteiger partial charge in [0.25, 0.3) is 0 Å². The number of nitriles is 1. The number of thiazole rings is 1. The van der Waals surface area contributed by atoms with Crippen molar-refractivity contribution >= 4 is 22.2 Å². The molecule has 6 heteroatoms. The number of hydrogen-bond acceptors (Lipinski definition) is 4. The maximum Gasteiger partial charge on any atom is 0.187 e. The summed E-state index contributed by atoms with van der Waals surface area (Å²) in [5.74, 6) is -1.33. The summed E-state index contributed by atoms with van der Waals surface area (Å²) in [6.45, 7) is 3.77. The first-order valence-electron chi connectivity index (χ1n) is 8.50. The van der Waals surface area contributed by atoms with Crippen molar-refractivity contribution in [2.24, 2.45) is 0 Å². The molecule has 1 aromatic heterocycles. The maximum atomic E-state index is 14.0. The lowest BCUT2D eigenvalue weighted by atomic mass is 10.0. The van der Waals surface area contributed by atoms with Gasteiger partial charge in [0.2, 0.25) is 0 Å². The van der Waals surface area contributed by atoms with Gasteiger partial charge in [-0.05, 0) is 54.7 Å². The Morgan fingerprint density at radius 1 is 1.19 bits per heavy atom. The summed E-state index contributed by atoms with van der Waals surface area (Å²) in [5, 5.41) is 12.6. The van der Waals surface area contributed by atoms with E-state index in [-0.39, 0.29) is 11.3 Å². The fraction of sp³-hybridized carbons (Fsp3) is 0.143. The molecule has 27 heavy (non-hydrogen) atoms. The Morgan fingerprint density at radius 3 is 2.70 bits per heavy atom. The number of aromatic nitrogens is 1. The Balaban J connectivity index is 1.69. The fourth-order valence-electron chi connectivity index (χ4n) is 3.30. The molecular weight excluding hydrogens is 364 g/mol. The van der Waals surface area contributed by atoms with Crippen molar-refractivity contribution in [3.63, 3.8) is 0 Å². The Bertz CT molecular complexity index is 1080. The minimum Gasteiger partial charge on any atom is -0.331 e. The van der Waals surface area contributed by atoms with E-state index in [1.54, 1.807) is 6.07 Å². The number of hydrogen-bond donors (Lipinski definition) is 1. The van der Waals surface area contributed by atoms with E-state index in [1.165, 1.54) is 29.5 Å². The van der Waals surface area contributed by atoms with Crippen molar-refractivity contribution in [3.8, 4) is 16.5 Å². The fourth-order valence-corrected chi connectivity index (χ4v) is 4.40. The minimum atomic E-state index is -0.667. The predicted octanol–water partition coefficient (Wildman–Crippen LogP) is 5.53. The van der Waals surface area contributed by atoms with Crippen LogP contribution in [0.5, 0.6) is 0 Å². The molecule has 3 aromatic rings. The van der Waals surface area contributed by atoms with Crippen LogP contribution in [-0.2, 0) is 12.8 Å². The monoisotopic (exact) mass is 379 g/mol. The minimum absolute atomic E-state index is 0.134. The van der Waals surface area contributed by atoms with Gasteiger partial charge in [-0.25, -0.2) is 13.8 Å². The number of halogens is 2. The van der Waals surface area contributed by atoms with Gasteiger partial charge in [0.15, 0.2) is 5.13 Å². The predicted molar refractivity (Wildman–Crippen MR) is 103 cm³/mol. The zero-order valence-corrected chi connectivity index (χ0v) is 15.2. The third-order valence-corrected chi connectivity index (χ3v) is 5.60. The highest BCUT2D eigenvalue weighted by Gasteiger charge is 2.21. The largest absolute Gasteiger partial charge is 0.331 e. The third kappa shape index (κ3) is 3.22. The van der Waals surface area contributed by atoms with E-state index >= 15 is 0 Å². The lowest BCUT2D eigenvalue weighted by Crippen LogP contribution is -2.02. The molecule has 0 unspecified atom stereocenters. The number of aryl methyl sites for hydroxylation is 2. The molecule has 1 aliphatic rings. The van der Waals surface area contributed by atoms with Crippen molar-refractivity contribution < 1.29 is 8.78 Å². The standard InChI is InChI=1S/C21H15F2N3S/c1-12(19-16(22)5-3-6-17(19)23)25-21-26-18-7-2-4-14-10-13(11-24)8-9-15(14)20(18)27-21/h3,5-6,8-10H,1-2,4,7H2,(H,25,26). The zero-order valence-electron chi connectivity index (χ0n) is 14.4. The number of rotatable bonds is 3. The second kappa shape index (κ2) is 6.93. The van der Waals surface area contributed by atoms with Crippen LogP contribution in [-0.4, -0.2) is 4.98 Å². The lowest BCUT2D eigenvalue weighted by Gasteiger charge is -2.09. The average molecular weight is 379 g/mol. The number of nitrogens with one attached hydrogen (secondary N) is 1. The van der Waals surface area contributed by atoms with Crippen LogP contribution in [0.25, 0.3) is 16.1 Å². The molecule has 0 amide bonds. The lowest BCUT2D eigenvalue weighted by molar-refractivity contribution is 0.577. The van der Waals surface area contributed by atoms with Crippen molar-refractivity contribution in [1.29, 1.82) is 5.26 Å². The van der Waals surface area contributed by atoms with Crippen molar-refractivity contribution in [2.45, 2.75) is 19.3 Å². The third-order valence-electron chi connectivity index (χ3n) is 4.56. The Labute approximate surface area is 159 Å². The van der Waals surface area contributed by atoms with E-state index in [0.29, 0.717) is 10.7 Å². The first-order valence-corrected chi connectivity index (χ1v) is 9.32. The summed E-state index contributed by atoms with van der Waals surface area (Å²) in [5.41, 5.74) is 3.74. The Kier molecular flexibility index (Phi) is 4.46. The molecule has 1 N–H and O–H groups in total. The molecule has 0 atom stereocenters. The first kappa shape index (κ1) is 17.4. The molecule has 0 radical (unpaired) electrons. The van der Waals surface area contributed by atoms with Gasteiger partial charge in [-0.3, -0.25) is 0 Å². The number of anilines is 1. The van der Waals surface area contributed by atoms with Gasteiger partial charge in [-0.1, -0.05) is 30.0 Å². The van der Waals surface area contributed by atoms with E-state index in [4.69, 9.17) is 5.26 Å². The van der Waals surface area contributed by atoms with Crippen LogP contribution in [0.15, 0.2) is 43.0 Å². The highest BCUT2D eigenvalue weighted by molar-refractivity contribution is 7.19. The molecule has 1 heterocycles. The smallest absolute Gasteiger partial charge is 0.187 e. The second-order valence-corrected chi connectivity index (χ2v) is 7.33. The molecule has 0 fully saturated rings. The molecular formula is C21H15F2N3S. The summed E-state index contributed by atoms with van der Waals surface area (Å²) >= 11 is 1.43. The molecule has 2 aromatic carbocycles. The zero-order chi connectivity index (χ0) is 19.0. The molecule has 134 valence electrons. The van der Waals surface area contributed by atoms with Gasteiger partial charge < -0.3 is 5.32 Å². The number of nitrogens with zero attached hydrogens (tertiary/aromatic N) is 2. The van der Waals surface area contributed by atoms with Crippen LogP contribution in [0, 0.1) is 23.0 Å². The topological polar surface area (TPSA) is 48.7 Å². The molecule has 0 aliphatic heterocycles. The summed E-state index contributed by atoms with van der Waals surface area (Å²) in [6.07, 6.45) is 2.63. The summed E-state index contributed by atoms with van der Waals surface area (Å²) in [7, 11) is 0. The molecule has 3 nitrogen and oxygen atoms in total. The van der Waals surface area contributed by atoms with Crippen molar-refractivity contribution in [1.82, 2.24) is 4.98 Å². The van der Waals surface area contributed by atoms with Crippen LogP contribution < -0.4 is 5.32 Å². The highest BCUT2D eigenvalue weighted by Crippen LogP contribution is 2.39. The molecule has 0 bridgehead atoms. The van der Waals surface area contributed by atoms with Crippen LogP contribution in [0.2, 0.25) is 0 Å². The van der Waals surface area contributed by atoms with Gasteiger partial charge in [0, 0.05) is 5.70 Å². The summed E-state index contributed by atoms with van der Waals surface area (Å²) < 4.78 is 27.9. The summed E-state index contributed by atoms with van der Waals surface area (Å²) in [6, 6.07) is 11.6. The number of fused-ring (bicyclic) bond motifs is 3. The summed E-state index contributed by atoms with van der Waals surface area (Å²) in [4.78, 5) is 5.64. The van der Waals surface area contributed by atoms with Gasteiger partial charge >= 0.3 is 0 Å². The Hall–Kier alpha value is -3.04. The average Bonchev–Trinajstić information content (AvgIpc) is 2.95. The van der Waals surface area contributed by atoms with Crippen LogP contribution in [0.4, 0.5) is 13.9 Å². The van der Waals surface area contributed by atoms with Crippen molar-refractivity contribution in [2.75, 3.05) is 5.32 Å².